The normalized spacial score (nSPS) is 12.2. The topological polar surface area (TPSA) is 32.3 Å². The fraction of sp³-hybridized carbons (Fsp3) is 0.235. The first-order valence-electron chi connectivity index (χ1n) is 6.82. The second kappa shape index (κ2) is 7.56. The van der Waals surface area contributed by atoms with Gasteiger partial charge in [-0.3, -0.25) is 4.79 Å². The molecule has 21 heavy (non-hydrogen) atoms. The molecule has 0 aliphatic heterocycles. The molecule has 0 saturated heterocycles. The van der Waals surface area contributed by atoms with Crippen molar-refractivity contribution in [1.29, 1.82) is 0 Å². The lowest BCUT2D eigenvalue weighted by atomic mass is 10.1. The number of carbonyl (C=O) groups excluding carboxylic acids is 1. The predicted octanol–water partition coefficient (Wildman–Crippen LogP) is 3.32. The summed E-state index contributed by atoms with van der Waals surface area (Å²) in [5, 5.41) is 3.12. The number of hydrogen-bond acceptors (Lipinski definition) is 2. The van der Waals surface area contributed by atoms with Gasteiger partial charge in [0.05, 0.1) is 6.04 Å². The van der Waals surface area contributed by atoms with Crippen LogP contribution in [0.1, 0.15) is 22.0 Å². The molecule has 4 heteroatoms. The van der Waals surface area contributed by atoms with Gasteiger partial charge in [-0.25, -0.2) is 0 Å². The number of halogens is 1. The van der Waals surface area contributed by atoms with Gasteiger partial charge in [0, 0.05) is 15.7 Å². The molecule has 110 valence electrons. The summed E-state index contributed by atoms with van der Waals surface area (Å²) in [5.41, 5.74) is 1.81. The Labute approximate surface area is 139 Å². The maximum Gasteiger partial charge on any atom is 0.251 e. The molecule has 1 amide bonds. The van der Waals surface area contributed by atoms with E-state index < -0.39 is 0 Å². The minimum absolute atomic E-state index is 0.0217. The van der Waals surface area contributed by atoms with Crippen LogP contribution < -0.4 is 5.32 Å². The number of rotatable bonds is 5. The molecule has 2 rings (SSSR count). The first-order chi connectivity index (χ1) is 10.1. The molecule has 2 aromatic rings. The number of hydrogen-bond donors (Lipinski definition) is 1. The molecule has 0 aliphatic rings. The lowest BCUT2D eigenvalue weighted by Crippen LogP contribution is -2.35. The van der Waals surface area contributed by atoms with Crippen molar-refractivity contribution in [2.24, 2.45) is 0 Å². The molecule has 0 fully saturated rings. The fourth-order valence-electron chi connectivity index (χ4n) is 2.16. The summed E-state index contributed by atoms with van der Waals surface area (Å²) in [5.74, 6) is -0.0378. The molecule has 0 heterocycles. The number of nitrogens with one attached hydrogen (secondary N) is 1. The zero-order chi connectivity index (χ0) is 15.2. The summed E-state index contributed by atoms with van der Waals surface area (Å²) in [6.45, 7) is 0.764. The van der Waals surface area contributed by atoms with Crippen LogP contribution in [-0.2, 0) is 0 Å². The van der Waals surface area contributed by atoms with Crippen molar-refractivity contribution in [3.8, 4) is 0 Å². The zero-order valence-corrected chi connectivity index (χ0v) is 14.4. The third-order valence-corrected chi connectivity index (χ3v) is 3.81. The molecular formula is C17H19IN2O. The largest absolute Gasteiger partial charge is 0.344 e. The Morgan fingerprint density at radius 2 is 1.86 bits per heavy atom. The highest BCUT2D eigenvalue weighted by Crippen LogP contribution is 2.15. The van der Waals surface area contributed by atoms with Crippen LogP contribution in [0.25, 0.3) is 0 Å². The minimum Gasteiger partial charge on any atom is -0.344 e. The standard InChI is InChI=1S/C17H19IN2O/c1-20(2)12-16(13-7-4-3-5-8-13)19-17(21)14-9-6-10-15(18)11-14/h3-11,16H,12H2,1-2H3,(H,19,21)/t16-/m1/s1. The molecule has 0 spiro atoms. The molecule has 0 unspecified atom stereocenters. The SMILES string of the molecule is CN(C)C[C@@H](NC(=O)c1cccc(I)c1)c1ccccc1. The van der Waals surface area contributed by atoms with Gasteiger partial charge in [0.1, 0.15) is 0 Å². The zero-order valence-electron chi connectivity index (χ0n) is 12.2. The van der Waals surface area contributed by atoms with Gasteiger partial charge in [0.15, 0.2) is 0 Å². The lowest BCUT2D eigenvalue weighted by molar-refractivity contribution is 0.0930. The average molecular weight is 394 g/mol. The van der Waals surface area contributed by atoms with Crippen LogP contribution in [0.5, 0.6) is 0 Å². The van der Waals surface area contributed by atoms with Crippen molar-refractivity contribution in [2.45, 2.75) is 6.04 Å². The van der Waals surface area contributed by atoms with Gasteiger partial charge in [-0.15, -0.1) is 0 Å². The van der Waals surface area contributed by atoms with Gasteiger partial charge in [-0.1, -0.05) is 36.4 Å². The Morgan fingerprint density at radius 1 is 1.14 bits per heavy atom. The van der Waals surface area contributed by atoms with Crippen molar-refractivity contribution in [3.63, 3.8) is 0 Å². The van der Waals surface area contributed by atoms with E-state index in [1.807, 2.05) is 68.7 Å². The Balaban J connectivity index is 2.17. The number of carbonyl (C=O) groups is 1. The number of nitrogens with zero attached hydrogens (tertiary/aromatic N) is 1. The highest BCUT2D eigenvalue weighted by Gasteiger charge is 2.16. The summed E-state index contributed by atoms with van der Waals surface area (Å²) < 4.78 is 1.06. The third-order valence-electron chi connectivity index (χ3n) is 3.14. The van der Waals surface area contributed by atoms with Crippen molar-refractivity contribution in [3.05, 3.63) is 69.3 Å². The monoisotopic (exact) mass is 394 g/mol. The average Bonchev–Trinajstić information content (AvgIpc) is 2.47. The van der Waals surface area contributed by atoms with Gasteiger partial charge >= 0.3 is 0 Å². The molecule has 0 bridgehead atoms. The Hall–Kier alpha value is -1.40. The molecule has 0 aliphatic carbocycles. The molecule has 3 nitrogen and oxygen atoms in total. The van der Waals surface area contributed by atoms with Crippen molar-refractivity contribution >= 4 is 28.5 Å². The van der Waals surface area contributed by atoms with Crippen molar-refractivity contribution in [2.75, 3.05) is 20.6 Å². The van der Waals surface area contributed by atoms with Crippen LogP contribution in [0.2, 0.25) is 0 Å². The molecule has 2 aromatic carbocycles. The summed E-state index contributed by atoms with van der Waals surface area (Å²) in [6.07, 6.45) is 0. The minimum atomic E-state index is -0.0378. The van der Waals surface area contributed by atoms with E-state index in [4.69, 9.17) is 0 Å². The second-order valence-corrected chi connectivity index (χ2v) is 6.45. The predicted molar refractivity (Wildman–Crippen MR) is 94.4 cm³/mol. The summed E-state index contributed by atoms with van der Waals surface area (Å²) in [6, 6.07) is 17.7. The van der Waals surface area contributed by atoms with E-state index in [-0.39, 0.29) is 11.9 Å². The van der Waals surface area contributed by atoms with E-state index in [2.05, 4.69) is 32.8 Å². The van der Waals surface area contributed by atoms with Crippen molar-refractivity contribution < 1.29 is 4.79 Å². The Kier molecular flexibility index (Phi) is 5.76. The third kappa shape index (κ3) is 4.82. The van der Waals surface area contributed by atoms with E-state index in [1.54, 1.807) is 0 Å². The van der Waals surface area contributed by atoms with Gasteiger partial charge in [0.2, 0.25) is 0 Å². The van der Waals surface area contributed by atoms with Gasteiger partial charge in [-0.2, -0.15) is 0 Å². The highest BCUT2D eigenvalue weighted by molar-refractivity contribution is 14.1. The lowest BCUT2D eigenvalue weighted by Gasteiger charge is -2.23. The quantitative estimate of drug-likeness (QED) is 0.790. The van der Waals surface area contributed by atoms with Crippen LogP contribution in [0.3, 0.4) is 0 Å². The second-order valence-electron chi connectivity index (χ2n) is 5.21. The number of amides is 1. The molecule has 0 radical (unpaired) electrons. The van der Waals surface area contributed by atoms with E-state index in [0.717, 1.165) is 15.7 Å². The fourth-order valence-corrected chi connectivity index (χ4v) is 2.70. The van der Waals surface area contributed by atoms with Gasteiger partial charge in [0.25, 0.3) is 5.91 Å². The van der Waals surface area contributed by atoms with Gasteiger partial charge in [-0.05, 0) is 60.4 Å². The van der Waals surface area contributed by atoms with Crippen LogP contribution >= 0.6 is 22.6 Å². The van der Waals surface area contributed by atoms with E-state index in [9.17, 15) is 4.79 Å². The molecular weight excluding hydrogens is 375 g/mol. The maximum absolute atomic E-state index is 12.4. The maximum atomic E-state index is 12.4. The molecule has 1 N–H and O–H groups in total. The summed E-state index contributed by atoms with van der Waals surface area (Å²) in [4.78, 5) is 14.5. The summed E-state index contributed by atoms with van der Waals surface area (Å²) >= 11 is 2.22. The van der Waals surface area contributed by atoms with E-state index >= 15 is 0 Å². The van der Waals surface area contributed by atoms with Crippen LogP contribution in [0.4, 0.5) is 0 Å². The molecule has 0 saturated carbocycles. The number of likely N-dealkylation sites (N-methyl/N-ethyl adjacent to an activating group) is 1. The van der Waals surface area contributed by atoms with Gasteiger partial charge < -0.3 is 10.2 Å². The smallest absolute Gasteiger partial charge is 0.251 e. The van der Waals surface area contributed by atoms with Crippen LogP contribution in [0.15, 0.2) is 54.6 Å². The highest BCUT2D eigenvalue weighted by atomic mass is 127. The van der Waals surface area contributed by atoms with E-state index in [0.29, 0.717) is 5.56 Å². The Morgan fingerprint density at radius 3 is 2.48 bits per heavy atom. The summed E-state index contributed by atoms with van der Waals surface area (Å²) in [7, 11) is 4.01. The molecule has 0 aromatic heterocycles. The first kappa shape index (κ1) is 16.0. The first-order valence-corrected chi connectivity index (χ1v) is 7.90. The Bertz CT molecular complexity index is 599. The van der Waals surface area contributed by atoms with Crippen LogP contribution in [0, 0.1) is 3.57 Å². The van der Waals surface area contributed by atoms with Crippen LogP contribution in [-0.4, -0.2) is 31.4 Å². The molecule has 1 atom stereocenters. The van der Waals surface area contributed by atoms with Crippen molar-refractivity contribution in [1.82, 2.24) is 10.2 Å². The van der Waals surface area contributed by atoms with E-state index in [1.165, 1.54) is 0 Å². The number of benzene rings is 2.